The molecule has 0 saturated heterocycles. The Kier molecular flexibility index (Phi) is 25.6. The topological polar surface area (TPSA) is 0 Å². The Balaban J connectivity index is -0.000000133. The maximum atomic E-state index is 2.22. The van der Waals surface area contributed by atoms with Crippen molar-refractivity contribution in [3.63, 3.8) is 0 Å². The summed E-state index contributed by atoms with van der Waals surface area (Å²) in [4.78, 5) is 0. The smallest absolute Gasteiger partial charge is 0.0392 e. The SMILES string of the molecule is C.CC.CC.CC.Cc1cc(C)c(C)c(C)c1.Cc1cccc(C)c1. The number of aryl methyl sites for hydroxylation is 5. The molecule has 0 unspecified atom stereocenters. The summed E-state index contributed by atoms with van der Waals surface area (Å²) in [5.41, 5.74) is 8.26. The van der Waals surface area contributed by atoms with Crippen LogP contribution in [-0.4, -0.2) is 0 Å². The summed E-state index contributed by atoms with van der Waals surface area (Å²) in [5.74, 6) is 0. The molecule has 0 radical (unpaired) electrons. The van der Waals surface area contributed by atoms with Crippen LogP contribution in [-0.2, 0) is 0 Å². The molecule has 0 fully saturated rings. The zero-order valence-electron chi connectivity index (χ0n) is 18.5. The first-order valence-corrected chi connectivity index (χ1v) is 9.48. The first kappa shape index (κ1) is 31.2. The van der Waals surface area contributed by atoms with Gasteiger partial charge in [0.05, 0.1) is 0 Å². The fourth-order valence-electron chi connectivity index (χ4n) is 2.06. The number of hydrogen-bond donors (Lipinski definition) is 0. The molecule has 146 valence electrons. The van der Waals surface area contributed by atoms with Crippen LogP contribution in [0.25, 0.3) is 0 Å². The van der Waals surface area contributed by atoms with E-state index in [1.807, 2.05) is 41.5 Å². The van der Waals surface area contributed by atoms with Gasteiger partial charge in [0.25, 0.3) is 0 Å². The first-order chi connectivity index (χ1) is 11.4. The zero-order valence-corrected chi connectivity index (χ0v) is 18.5. The van der Waals surface area contributed by atoms with Gasteiger partial charge in [-0.2, -0.15) is 0 Å². The fourth-order valence-corrected chi connectivity index (χ4v) is 2.06. The first-order valence-electron chi connectivity index (χ1n) is 9.48. The van der Waals surface area contributed by atoms with Crippen LogP contribution in [0.3, 0.4) is 0 Å². The predicted molar refractivity (Wildman–Crippen MR) is 122 cm³/mol. The molecule has 0 bridgehead atoms. The second-order valence-corrected chi connectivity index (χ2v) is 5.18. The summed E-state index contributed by atoms with van der Waals surface area (Å²) in [7, 11) is 0. The van der Waals surface area contributed by atoms with Crippen LogP contribution in [0.2, 0.25) is 0 Å². The van der Waals surface area contributed by atoms with Crippen molar-refractivity contribution in [2.45, 2.75) is 90.5 Å². The molecule has 0 heterocycles. The van der Waals surface area contributed by atoms with Crippen LogP contribution < -0.4 is 0 Å². The van der Waals surface area contributed by atoms with Gasteiger partial charge in [-0.05, 0) is 58.2 Å². The summed E-state index contributed by atoms with van der Waals surface area (Å²) >= 11 is 0. The molecule has 2 aromatic rings. The Labute approximate surface area is 160 Å². The molecule has 0 aromatic heterocycles. The third kappa shape index (κ3) is 15.7. The van der Waals surface area contributed by atoms with Crippen LogP contribution in [0, 0.1) is 41.5 Å². The van der Waals surface area contributed by atoms with E-state index in [1.54, 1.807) is 0 Å². The molecule has 0 aliphatic carbocycles. The molecule has 0 atom stereocenters. The zero-order chi connectivity index (χ0) is 19.7. The molecule has 0 spiro atoms. The van der Waals surface area contributed by atoms with Gasteiger partial charge in [0.15, 0.2) is 0 Å². The van der Waals surface area contributed by atoms with Gasteiger partial charge in [-0.3, -0.25) is 0 Å². The Morgan fingerprint density at radius 3 is 1.04 bits per heavy atom. The third-order valence-corrected chi connectivity index (χ3v) is 3.24. The van der Waals surface area contributed by atoms with Crippen LogP contribution in [0.5, 0.6) is 0 Å². The molecule has 0 heteroatoms. The molecule has 0 aliphatic rings. The minimum Gasteiger partial charge on any atom is -0.0776 e. The predicted octanol–water partition coefficient (Wildman–Crippen LogP) is 8.94. The summed E-state index contributed by atoms with van der Waals surface area (Å²) in [6.07, 6.45) is 0. The molecule has 2 rings (SSSR count). The molecule has 0 nitrogen and oxygen atoms in total. The largest absolute Gasteiger partial charge is 0.0776 e. The van der Waals surface area contributed by atoms with Gasteiger partial charge in [0.2, 0.25) is 0 Å². The van der Waals surface area contributed by atoms with Crippen LogP contribution in [0.4, 0.5) is 0 Å². The summed E-state index contributed by atoms with van der Waals surface area (Å²) in [6, 6.07) is 12.9. The molecule has 0 saturated carbocycles. The van der Waals surface area contributed by atoms with E-state index in [-0.39, 0.29) is 7.43 Å². The number of benzene rings is 2. The summed E-state index contributed by atoms with van der Waals surface area (Å²) in [6.45, 7) is 24.8. The Morgan fingerprint density at radius 2 is 0.800 bits per heavy atom. The van der Waals surface area contributed by atoms with Gasteiger partial charge in [0, 0.05) is 0 Å². The average Bonchev–Trinajstić information content (AvgIpc) is 2.58. The minimum atomic E-state index is 0. The van der Waals surface area contributed by atoms with Crippen LogP contribution in [0.1, 0.15) is 82.3 Å². The quantitative estimate of drug-likeness (QED) is 0.446. The average molecular weight is 347 g/mol. The standard InChI is InChI=1S/C10H14.C8H10.3C2H6.CH4/c1-7-5-8(2)10(4)9(3)6-7;1-7-4-3-5-8(2)6-7;3*1-2;/h5-6H,1-4H3;3-6H,1-2H3;3*1-2H3;1H4. The lowest BCUT2D eigenvalue weighted by Gasteiger charge is -2.04. The molecular weight excluding hydrogens is 300 g/mol. The van der Waals surface area contributed by atoms with Gasteiger partial charge in [-0.25, -0.2) is 0 Å². The van der Waals surface area contributed by atoms with E-state index in [0.29, 0.717) is 0 Å². The highest BCUT2D eigenvalue weighted by atomic mass is 14.0. The molecule has 0 N–H and O–H groups in total. The summed E-state index contributed by atoms with van der Waals surface area (Å²) < 4.78 is 0. The highest BCUT2D eigenvalue weighted by molar-refractivity contribution is 5.36. The molecular formula is C25H46. The van der Waals surface area contributed by atoms with Gasteiger partial charge in [-0.1, -0.05) is 102 Å². The van der Waals surface area contributed by atoms with E-state index < -0.39 is 0 Å². The maximum Gasteiger partial charge on any atom is -0.0392 e. The van der Waals surface area contributed by atoms with E-state index in [0.717, 1.165) is 0 Å². The van der Waals surface area contributed by atoms with Crippen molar-refractivity contribution in [3.05, 3.63) is 69.8 Å². The highest BCUT2D eigenvalue weighted by Gasteiger charge is 1.95. The lowest BCUT2D eigenvalue weighted by atomic mass is 10.0. The van der Waals surface area contributed by atoms with Crippen LogP contribution >= 0.6 is 0 Å². The van der Waals surface area contributed by atoms with E-state index in [1.165, 1.54) is 33.4 Å². The minimum absolute atomic E-state index is 0. The van der Waals surface area contributed by atoms with Crippen molar-refractivity contribution in [2.24, 2.45) is 0 Å². The Morgan fingerprint density at radius 1 is 0.480 bits per heavy atom. The van der Waals surface area contributed by atoms with Crippen molar-refractivity contribution in [2.75, 3.05) is 0 Å². The van der Waals surface area contributed by atoms with E-state index in [2.05, 4.69) is 77.9 Å². The van der Waals surface area contributed by atoms with Crippen LogP contribution in [0.15, 0.2) is 36.4 Å². The van der Waals surface area contributed by atoms with E-state index >= 15 is 0 Å². The second kappa shape index (κ2) is 20.5. The molecule has 0 aliphatic heterocycles. The van der Waals surface area contributed by atoms with Crippen molar-refractivity contribution in [1.29, 1.82) is 0 Å². The van der Waals surface area contributed by atoms with E-state index in [9.17, 15) is 0 Å². The van der Waals surface area contributed by atoms with Gasteiger partial charge < -0.3 is 0 Å². The fraction of sp³-hybridized carbons (Fsp3) is 0.520. The third-order valence-electron chi connectivity index (χ3n) is 3.24. The number of hydrogen-bond acceptors (Lipinski definition) is 0. The molecule has 25 heavy (non-hydrogen) atoms. The highest BCUT2D eigenvalue weighted by Crippen LogP contribution is 2.13. The normalized spacial score (nSPS) is 7.68. The summed E-state index contributed by atoms with van der Waals surface area (Å²) in [5, 5.41) is 0. The molecule has 2 aromatic carbocycles. The maximum absolute atomic E-state index is 2.22. The lowest BCUT2D eigenvalue weighted by molar-refractivity contribution is 1.23. The van der Waals surface area contributed by atoms with Gasteiger partial charge in [-0.15, -0.1) is 0 Å². The van der Waals surface area contributed by atoms with Crippen molar-refractivity contribution in [1.82, 2.24) is 0 Å². The van der Waals surface area contributed by atoms with Crippen molar-refractivity contribution >= 4 is 0 Å². The Bertz CT molecular complexity index is 481. The van der Waals surface area contributed by atoms with Gasteiger partial charge >= 0.3 is 0 Å². The van der Waals surface area contributed by atoms with Gasteiger partial charge in [0.1, 0.15) is 0 Å². The second-order valence-electron chi connectivity index (χ2n) is 5.18. The molecule has 0 amide bonds. The Hall–Kier alpha value is -1.56. The number of rotatable bonds is 0. The monoisotopic (exact) mass is 346 g/mol. The van der Waals surface area contributed by atoms with Crippen molar-refractivity contribution in [3.8, 4) is 0 Å². The van der Waals surface area contributed by atoms with E-state index in [4.69, 9.17) is 0 Å². The lowest BCUT2D eigenvalue weighted by Crippen LogP contribution is -1.86. The van der Waals surface area contributed by atoms with Crippen molar-refractivity contribution < 1.29 is 0 Å².